The Morgan fingerprint density at radius 3 is 1.68 bits per heavy atom. The summed E-state index contributed by atoms with van der Waals surface area (Å²) < 4.78 is 4.67. The second-order valence-electron chi connectivity index (χ2n) is 7.57. The molecule has 22 heavy (non-hydrogen) atoms. The summed E-state index contributed by atoms with van der Waals surface area (Å²) in [6.45, 7) is 10.5. The first kappa shape index (κ1) is 21.4. The van der Waals surface area contributed by atoms with Gasteiger partial charge in [0.15, 0.2) is 0 Å². The molecule has 0 aromatic rings. The van der Waals surface area contributed by atoms with Crippen LogP contribution in [0.15, 0.2) is 0 Å². The minimum Gasteiger partial charge on any atom is -0.469 e. The van der Waals surface area contributed by atoms with Gasteiger partial charge in [-0.25, -0.2) is 0 Å². The number of methoxy groups -OCH3 is 1. The zero-order chi connectivity index (χ0) is 17.3. The molecule has 0 heterocycles. The van der Waals surface area contributed by atoms with Crippen LogP contribution >= 0.6 is 0 Å². The number of rotatable bonds is 11. The lowest BCUT2D eigenvalue weighted by molar-refractivity contribution is -0.141. The minimum atomic E-state index is -0.685. The highest BCUT2D eigenvalue weighted by Crippen LogP contribution is 2.23. The molecule has 0 aliphatic rings. The third-order valence-corrected chi connectivity index (χ3v) is 4.15. The van der Waals surface area contributed by atoms with E-state index in [2.05, 4.69) is 32.4 Å². The number of esters is 1. The third kappa shape index (κ3) is 10.2. The van der Waals surface area contributed by atoms with E-state index in [4.69, 9.17) is 0 Å². The van der Waals surface area contributed by atoms with Crippen LogP contribution in [0.2, 0.25) is 0 Å². The van der Waals surface area contributed by atoms with Crippen LogP contribution in [0.1, 0.15) is 66.7 Å². The van der Waals surface area contributed by atoms with E-state index < -0.39 is 12.2 Å². The van der Waals surface area contributed by atoms with Crippen LogP contribution in [-0.4, -0.2) is 35.5 Å². The molecule has 0 fully saturated rings. The smallest absolute Gasteiger partial charge is 0.305 e. The van der Waals surface area contributed by atoms with Crippen LogP contribution in [0.25, 0.3) is 0 Å². The van der Waals surface area contributed by atoms with Gasteiger partial charge in [-0.15, -0.1) is 0 Å². The maximum absolute atomic E-state index is 11.2. The molecule has 0 aromatic carbocycles. The summed E-state index contributed by atoms with van der Waals surface area (Å²) in [4.78, 5) is 11.2. The van der Waals surface area contributed by atoms with E-state index in [0.717, 1.165) is 12.8 Å². The Bertz CT molecular complexity index is 303. The third-order valence-electron chi connectivity index (χ3n) is 4.15. The van der Waals surface area contributed by atoms with Crippen molar-refractivity contribution >= 4 is 5.97 Å². The summed E-state index contributed by atoms with van der Waals surface area (Å²) in [5.41, 5.74) is 0. The van der Waals surface area contributed by atoms with E-state index in [1.54, 1.807) is 0 Å². The van der Waals surface area contributed by atoms with E-state index in [1.165, 1.54) is 7.11 Å². The Morgan fingerprint density at radius 2 is 1.27 bits per heavy atom. The maximum Gasteiger partial charge on any atom is 0.305 e. The van der Waals surface area contributed by atoms with Crippen molar-refractivity contribution in [2.75, 3.05) is 7.11 Å². The maximum atomic E-state index is 11.2. The molecule has 0 aliphatic carbocycles. The molecule has 3 unspecified atom stereocenters. The van der Waals surface area contributed by atoms with Gasteiger partial charge in [-0.05, 0) is 49.4 Å². The van der Waals surface area contributed by atoms with Crippen molar-refractivity contribution in [3.8, 4) is 0 Å². The first-order chi connectivity index (χ1) is 10.1. The van der Waals surface area contributed by atoms with Gasteiger partial charge in [-0.2, -0.15) is 0 Å². The Kier molecular flexibility index (Phi) is 10.7. The van der Waals surface area contributed by atoms with E-state index >= 15 is 0 Å². The molecule has 0 aliphatic heterocycles. The van der Waals surface area contributed by atoms with E-state index in [9.17, 15) is 15.0 Å². The zero-order valence-electron chi connectivity index (χ0n) is 15.2. The number of aliphatic hydroxyl groups is 2. The summed E-state index contributed by atoms with van der Waals surface area (Å²) in [5, 5.41) is 20.3. The van der Waals surface area contributed by atoms with E-state index in [0.29, 0.717) is 31.1 Å². The largest absolute Gasteiger partial charge is 0.469 e. The van der Waals surface area contributed by atoms with E-state index in [1.807, 2.05) is 6.92 Å². The fourth-order valence-corrected chi connectivity index (χ4v) is 3.27. The van der Waals surface area contributed by atoms with Crippen molar-refractivity contribution in [2.45, 2.75) is 78.9 Å². The van der Waals surface area contributed by atoms with Crippen LogP contribution in [0, 0.1) is 23.7 Å². The lowest BCUT2D eigenvalue weighted by Crippen LogP contribution is -2.30. The summed E-state index contributed by atoms with van der Waals surface area (Å²) in [7, 11) is 1.40. The number of carbonyl (C=O) groups excluding carboxylic acids is 1. The molecule has 0 radical (unpaired) electrons. The molecule has 0 saturated carbocycles. The van der Waals surface area contributed by atoms with Crippen molar-refractivity contribution in [2.24, 2.45) is 23.7 Å². The first-order valence-electron chi connectivity index (χ1n) is 8.58. The second-order valence-corrected chi connectivity index (χ2v) is 7.57. The molecule has 0 spiro atoms. The van der Waals surface area contributed by atoms with Gasteiger partial charge in [-0.3, -0.25) is 4.79 Å². The topological polar surface area (TPSA) is 66.8 Å². The number of hydrogen-bond acceptors (Lipinski definition) is 4. The molecule has 0 rings (SSSR count). The highest BCUT2D eigenvalue weighted by Gasteiger charge is 2.23. The number of aliphatic hydroxyl groups excluding tert-OH is 2. The molecule has 2 N–H and O–H groups in total. The molecule has 4 heteroatoms. The summed E-state index contributed by atoms with van der Waals surface area (Å²) in [6, 6.07) is 0. The molecule has 0 amide bonds. The van der Waals surface area contributed by atoms with Crippen molar-refractivity contribution in [1.29, 1.82) is 0 Å². The van der Waals surface area contributed by atoms with Gasteiger partial charge < -0.3 is 14.9 Å². The lowest BCUT2D eigenvalue weighted by atomic mass is 9.87. The van der Waals surface area contributed by atoms with Gasteiger partial charge >= 0.3 is 5.97 Å². The van der Waals surface area contributed by atoms with Crippen LogP contribution in [-0.2, 0) is 9.53 Å². The van der Waals surface area contributed by atoms with Crippen molar-refractivity contribution < 1.29 is 19.7 Å². The van der Waals surface area contributed by atoms with E-state index in [-0.39, 0.29) is 17.8 Å². The molecular formula is C18H36O4. The normalized spacial score (nSPS) is 18.6. The quantitative estimate of drug-likeness (QED) is 0.573. The predicted octanol–water partition coefficient (Wildman–Crippen LogP) is 3.40. The van der Waals surface area contributed by atoms with Gasteiger partial charge in [0.05, 0.1) is 19.3 Å². The molecule has 0 aromatic heterocycles. The van der Waals surface area contributed by atoms with Crippen LogP contribution in [0.5, 0.6) is 0 Å². The molecule has 132 valence electrons. The average Bonchev–Trinajstić information content (AvgIpc) is 2.36. The summed E-state index contributed by atoms with van der Waals surface area (Å²) in [5.74, 6) is 1.33. The van der Waals surface area contributed by atoms with Gasteiger partial charge in [-0.1, -0.05) is 34.6 Å². The van der Waals surface area contributed by atoms with Crippen molar-refractivity contribution in [3.63, 3.8) is 0 Å². The van der Waals surface area contributed by atoms with Gasteiger partial charge in [0, 0.05) is 6.42 Å². The standard InChI is InChI=1S/C18H36O4/c1-12(2)7-13(3)9-16(19)17(20)10-14(4)8-15(5)11-18(21)22-6/h12-17,19-20H,7-11H2,1-6H3/t13?,14?,15?,16-,17-/m0/s1. The average molecular weight is 316 g/mol. The first-order valence-corrected chi connectivity index (χ1v) is 8.58. The second kappa shape index (κ2) is 11.0. The Labute approximate surface area is 136 Å². The van der Waals surface area contributed by atoms with Crippen molar-refractivity contribution in [3.05, 3.63) is 0 Å². The van der Waals surface area contributed by atoms with Crippen LogP contribution in [0.3, 0.4) is 0 Å². The molecule has 0 bridgehead atoms. The fourth-order valence-electron chi connectivity index (χ4n) is 3.27. The predicted molar refractivity (Wildman–Crippen MR) is 89.4 cm³/mol. The molecule has 4 nitrogen and oxygen atoms in total. The zero-order valence-corrected chi connectivity index (χ0v) is 15.2. The Balaban J connectivity index is 4.11. The fraction of sp³-hybridized carbons (Fsp3) is 0.944. The Hall–Kier alpha value is -0.610. The number of hydrogen-bond donors (Lipinski definition) is 2. The SMILES string of the molecule is COC(=O)CC(C)CC(C)C[C@H](O)[C@@H](O)CC(C)CC(C)C. The summed E-state index contributed by atoms with van der Waals surface area (Å²) >= 11 is 0. The van der Waals surface area contributed by atoms with Gasteiger partial charge in [0.2, 0.25) is 0 Å². The van der Waals surface area contributed by atoms with Crippen LogP contribution < -0.4 is 0 Å². The van der Waals surface area contributed by atoms with Gasteiger partial charge in [0.1, 0.15) is 0 Å². The Morgan fingerprint density at radius 1 is 0.818 bits per heavy atom. The summed E-state index contributed by atoms with van der Waals surface area (Å²) in [6.07, 6.45) is 2.19. The highest BCUT2D eigenvalue weighted by atomic mass is 16.5. The van der Waals surface area contributed by atoms with Crippen molar-refractivity contribution in [1.82, 2.24) is 0 Å². The molecule has 5 atom stereocenters. The number of carbonyl (C=O) groups is 1. The molecule has 0 saturated heterocycles. The molecular weight excluding hydrogens is 280 g/mol. The monoisotopic (exact) mass is 316 g/mol. The highest BCUT2D eigenvalue weighted by molar-refractivity contribution is 5.69. The minimum absolute atomic E-state index is 0.192. The lowest BCUT2D eigenvalue weighted by Gasteiger charge is -2.25. The van der Waals surface area contributed by atoms with Crippen LogP contribution in [0.4, 0.5) is 0 Å². The number of ether oxygens (including phenoxy) is 1. The van der Waals surface area contributed by atoms with Gasteiger partial charge in [0.25, 0.3) is 0 Å².